The zero-order valence-electron chi connectivity index (χ0n) is 12.6. The van der Waals surface area contributed by atoms with E-state index in [1.54, 1.807) is 0 Å². The molecule has 1 atom stereocenters. The van der Waals surface area contributed by atoms with Crippen molar-refractivity contribution in [3.63, 3.8) is 0 Å². The van der Waals surface area contributed by atoms with Crippen molar-refractivity contribution < 1.29 is 0 Å². The van der Waals surface area contributed by atoms with Gasteiger partial charge in [-0.2, -0.15) is 0 Å². The first-order valence-corrected chi connectivity index (χ1v) is 7.27. The van der Waals surface area contributed by atoms with Gasteiger partial charge in [0, 0.05) is 0 Å². The number of benzene rings is 2. The minimum absolute atomic E-state index is 0.0463. The van der Waals surface area contributed by atoms with Gasteiger partial charge in [0.05, 0.1) is 6.04 Å². The van der Waals surface area contributed by atoms with Crippen LogP contribution in [0, 0.1) is 13.8 Å². The minimum atomic E-state index is 0.0463. The lowest BCUT2D eigenvalue weighted by atomic mass is 9.95. The van der Waals surface area contributed by atoms with Crippen molar-refractivity contribution in [3.8, 4) is 0 Å². The molecule has 0 aromatic heterocycles. The number of hydrogen-bond acceptors (Lipinski definition) is 2. The van der Waals surface area contributed by atoms with Gasteiger partial charge in [-0.25, -0.2) is 5.43 Å². The fourth-order valence-corrected chi connectivity index (χ4v) is 2.49. The molecule has 2 nitrogen and oxygen atoms in total. The van der Waals surface area contributed by atoms with Crippen molar-refractivity contribution in [2.75, 3.05) is 0 Å². The third-order valence-electron chi connectivity index (χ3n) is 3.88. The highest BCUT2D eigenvalue weighted by atomic mass is 15.2. The van der Waals surface area contributed by atoms with Gasteiger partial charge in [-0.3, -0.25) is 5.84 Å². The number of rotatable bonds is 5. The summed E-state index contributed by atoms with van der Waals surface area (Å²) in [5, 5.41) is 0. The third kappa shape index (κ3) is 3.27. The maximum Gasteiger partial charge on any atom is 0.0710 e. The van der Waals surface area contributed by atoms with Gasteiger partial charge >= 0.3 is 0 Å². The lowest BCUT2D eigenvalue weighted by Gasteiger charge is -2.18. The van der Waals surface area contributed by atoms with E-state index < -0.39 is 0 Å². The van der Waals surface area contributed by atoms with Crippen LogP contribution in [0.25, 0.3) is 0 Å². The molecule has 0 spiro atoms. The second-order valence-electron chi connectivity index (χ2n) is 5.43. The van der Waals surface area contributed by atoms with Crippen LogP contribution in [0.5, 0.6) is 0 Å². The van der Waals surface area contributed by atoms with E-state index in [0.29, 0.717) is 0 Å². The molecule has 0 aliphatic heterocycles. The van der Waals surface area contributed by atoms with E-state index in [9.17, 15) is 0 Å². The largest absolute Gasteiger partial charge is 0.271 e. The number of nitrogens with two attached hydrogens (primary N) is 1. The fraction of sp³-hybridized carbons (Fsp3) is 0.333. The van der Waals surface area contributed by atoms with E-state index in [2.05, 4.69) is 68.7 Å². The summed E-state index contributed by atoms with van der Waals surface area (Å²) < 4.78 is 0. The molecule has 1 unspecified atom stereocenters. The molecule has 0 bridgehead atoms. The molecule has 2 aromatic rings. The lowest BCUT2D eigenvalue weighted by Crippen LogP contribution is -2.28. The smallest absolute Gasteiger partial charge is 0.0710 e. The Bertz CT molecular complexity index is 558. The SMILES string of the molecule is CCCc1ccc(C(NN)c2ccc(C)c(C)c2)cc1. The van der Waals surface area contributed by atoms with Crippen LogP contribution in [0.15, 0.2) is 42.5 Å². The molecule has 0 heterocycles. The molecule has 2 aromatic carbocycles. The van der Waals surface area contributed by atoms with Gasteiger partial charge in [0.1, 0.15) is 0 Å². The molecule has 0 aliphatic carbocycles. The molecule has 0 saturated heterocycles. The predicted molar refractivity (Wildman–Crippen MR) is 85.5 cm³/mol. The van der Waals surface area contributed by atoms with E-state index in [1.165, 1.54) is 34.2 Å². The molecule has 0 radical (unpaired) electrons. The van der Waals surface area contributed by atoms with Crippen LogP contribution in [0.2, 0.25) is 0 Å². The van der Waals surface area contributed by atoms with Gasteiger partial charge in [-0.05, 0) is 48.1 Å². The third-order valence-corrected chi connectivity index (χ3v) is 3.88. The molecule has 106 valence electrons. The van der Waals surface area contributed by atoms with Crippen LogP contribution >= 0.6 is 0 Å². The highest BCUT2D eigenvalue weighted by Crippen LogP contribution is 2.24. The Morgan fingerprint density at radius 3 is 2.15 bits per heavy atom. The Morgan fingerprint density at radius 2 is 1.60 bits per heavy atom. The number of nitrogens with one attached hydrogen (secondary N) is 1. The normalized spacial score (nSPS) is 12.4. The second-order valence-corrected chi connectivity index (χ2v) is 5.43. The average molecular weight is 268 g/mol. The lowest BCUT2D eigenvalue weighted by molar-refractivity contribution is 0.636. The van der Waals surface area contributed by atoms with Crippen LogP contribution in [0.4, 0.5) is 0 Å². The predicted octanol–water partition coefficient (Wildman–Crippen LogP) is 3.81. The molecule has 0 aliphatic rings. The van der Waals surface area contributed by atoms with E-state index >= 15 is 0 Å². The molecule has 2 heteroatoms. The standard InChI is InChI=1S/C18H24N2/c1-4-5-15-7-10-16(11-8-15)18(20-19)17-9-6-13(2)14(3)12-17/h6-12,18,20H,4-5,19H2,1-3H3. The first-order valence-electron chi connectivity index (χ1n) is 7.27. The Labute approximate surface area is 122 Å². The summed E-state index contributed by atoms with van der Waals surface area (Å²) in [6.45, 7) is 6.47. The second kappa shape index (κ2) is 6.69. The molecule has 3 N–H and O–H groups in total. The highest BCUT2D eigenvalue weighted by Gasteiger charge is 2.12. The van der Waals surface area contributed by atoms with Gasteiger partial charge in [-0.15, -0.1) is 0 Å². The summed E-state index contributed by atoms with van der Waals surface area (Å²) in [7, 11) is 0. The van der Waals surface area contributed by atoms with E-state index in [1.807, 2.05) is 0 Å². The Balaban J connectivity index is 2.29. The maximum atomic E-state index is 5.77. The van der Waals surface area contributed by atoms with Crippen molar-refractivity contribution in [2.45, 2.75) is 39.7 Å². The summed E-state index contributed by atoms with van der Waals surface area (Å²) >= 11 is 0. The monoisotopic (exact) mass is 268 g/mol. The van der Waals surface area contributed by atoms with Crippen LogP contribution in [-0.4, -0.2) is 0 Å². The maximum absolute atomic E-state index is 5.77. The Morgan fingerprint density at radius 1 is 0.950 bits per heavy atom. The molecular weight excluding hydrogens is 244 g/mol. The molecule has 20 heavy (non-hydrogen) atoms. The van der Waals surface area contributed by atoms with Crippen LogP contribution < -0.4 is 11.3 Å². The highest BCUT2D eigenvalue weighted by molar-refractivity contribution is 5.37. The van der Waals surface area contributed by atoms with Gasteiger partial charge in [0.15, 0.2) is 0 Å². The minimum Gasteiger partial charge on any atom is -0.271 e. The summed E-state index contributed by atoms with van der Waals surface area (Å²) in [6.07, 6.45) is 2.31. The topological polar surface area (TPSA) is 38.0 Å². The van der Waals surface area contributed by atoms with E-state index in [4.69, 9.17) is 5.84 Å². The average Bonchev–Trinajstić information content (AvgIpc) is 2.46. The van der Waals surface area contributed by atoms with Crippen molar-refractivity contribution in [2.24, 2.45) is 5.84 Å². The summed E-state index contributed by atoms with van der Waals surface area (Å²) in [5.41, 5.74) is 9.33. The molecule has 0 amide bonds. The molecule has 0 fully saturated rings. The zero-order valence-corrected chi connectivity index (χ0v) is 12.6. The quantitative estimate of drug-likeness (QED) is 0.639. The zero-order chi connectivity index (χ0) is 14.5. The van der Waals surface area contributed by atoms with Gasteiger partial charge in [-0.1, -0.05) is 55.8 Å². The Hall–Kier alpha value is -1.64. The molecule has 2 rings (SSSR count). The fourth-order valence-electron chi connectivity index (χ4n) is 2.49. The number of hydrogen-bond donors (Lipinski definition) is 2. The van der Waals surface area contributed by atoms with E-state index in [-0.39, 0.29) is 6.04 Å². The molecule has 0 saturated carbocycles. The number of hydrazine groups is 1. The van der Waals surface area contributed by atoms with Crippen LogP contribution in [0.3, 0.4) is 0 Å². The van der Waals surface area contributed by atoms with Crippen LogP contribution in [0.1, 0.15) is 47.2 Å². The first kappa shape index (κ1) is 14.8. The Kier molecular flexibility index (Phi) is 4.94. The summed E-state index contributed by atoms with van der Waals surface area (Å²) in [5.74, 6) is 5.77. The van der Waals surface area contributed by atoms with Crippen molar-refractivity contribution in [1.29, 1.82) is 0 Å². The van der Waals surface area contributed by atoms with Crippen molar-refractivity contribution in [3.05, 3.63) is 70.3 Å². The van der Waals surface area contributed by atoms with Gasteiger partial charge < -0.3 is 0 Å². The van der Waals surface area contributed by atoms with Crippen LogP contribution in [-0.2, 0) is 6.42 Å². The summed E-state index contributed by atoms with van der Waals surface area (Å²) in [6, 6.07) is 15.3. The first-order chi connectivity index (χ1) is 9.65. The van der Waals surface area contributed by atoms with Crippen molar-refractivity contribution in [1.82, 2.24) is 5.43 Å². The van der Waals surface area contributed by atoms with Gasteiger partial charge in [0.25, 0.3) is 0 Å². The molecular formula is C18H24N2. The van der Waals surface area contributed by atoms with Gasteiger partial charge in [0.2, 0.25) is 0 Å². The number of aryl methyl sites for hydroxylation is 3. The summed E-state index contributed by atoms with van der Waals surface area (Å²) in [4.78, 5) is 0. The van der Waals surface area contributed by atoms with Crippen molar-refractivity contribution >= 4 is 0 Å². The van der Waals surface area contributed by atoms with E-state index in [0.717, 1.165) is 6.42 Å².